The Morgan fingerprint density at radius 2 is 2.19 bits per heavy atom. The molecule has 0 bridgehead atoms. The van der Waals surface area contributed by atoms with Crippen LogP contribution in [0.5, 0.6) is 0 Å². The number of nitrogens with one attached hydrogen (secondary N) is 1. The minimum Gasteiger partial charge on any atom is -0.384 e. The highest BCUT2D eigenvalue weighted by atomic mass is 32.2. The van der Waals surface area contributed by atoms with Crippen LogP contribution in [0.3, 0.4) is 0 Å². The number of aromatic nitrogens is 4. The number of anilines is 1. The highest BCUT2D eigenvalue weighted by Crippen LogP contribution is 2.30. The second kappa shape index (κ2) is 5.42. The standard InChI is InChI=1S/C14H12N6S/c1-8-2-3-9(6-15)10(4-8)7-21-11-5-12(16)17-14-13(11)18-20-19-14/h2-5H,7H2,1H3,(H3,16,17,18,19,20). The van der Waals surface area contributed by atoms with Crippen molar-refractivity contribution in [1.82, 2.24) is 20.4 Å². The molecule has 0 saturated carbocycles. The zero-order valence-corrected chi connectivity index (χ0v) is 12.1. The van der Waals surface area contributed by atoms with Crippen molar-refractivity contribution in [1.29, 1.82) is 5.26 Å². The summed E-state index contributed by atoms with van der Waals surface area (Å²) in [5, 5.41) is 19.8. The van der Waals surface area contributed by atoms with Crippen molar-refractivity contribution in [3.05, 3.63) is 41.0 Å². The Kier molecular flexibility index (Phi) is 3.46. The van der Waals surface area contributed by atoms with Gasteiger partial charge in [-0.3, -0.25) is 0 Å². The molecule has 21 heavy (non-hydrogen) atoms. The predicted molar refractivity (Wildman–Crippen MR) is 81.6 cm³/mol. The molecule has 0 aliphatic rings. The highest BCUT2D eigenvalue weighted by Gasteiger charge is 2.10. The molecule has 0 unspecified atom stereocenters. The van der Waals surface area contributed by atoms with E-state index in [1.165, 1.54) is 0 Å². The fraction of sp³-hybridized carbons (Fsp3) is 0.143. The molecular weight excluding hydrogens is 284 g/mol. The van der Waals surface area contributed by atoms with Crippen LogP contribution in [-0.2, 0) is 5.75 Å². The summed E-state index contributed by atoms with van der Waals surface area (Å²) in [4.78, 5) is 5.01. The topological polar surface area (TPSA) is 104 Å². The molecule has 3 aromatic rings. The minimum absolute atomic E-state index is 0.406. The second-order valence-electron chi connectivity index (χ2n) is 4.60. The lowest BCUT2D eigenvalue weighted by Crippen LogP contribution is -1.93. The van der Waals surface area contributed by atoms with Crippen LogP contribution in [0.2, 0.25) is 0 Å². The molecule has 0 spiro atoms. The van der Waals surface area contributed by atoms with Crippen LogP contribution in [0.15, 0.2) is 29.2 Å². The summed E-state index contributed by atoms with van der Waals surface area (Å²) in [5.41, 5.74) is 9.78. The normalized spacial score (nSPS) is 10.7. The number of rotatable bonds is 3. The van der Waals surface area contributed by atoms with E-state index in [2.05, 4.69) is 26.5 Å². The number of pyridine rings is 1. The van der Waals surface area contributed by atoms with Gasteiger partial charge in [0.15, 0.2) is 0 Å². The first-order valence-corrected chi connectivity index (χ1v) is 7.25. The Hall–Kier alpha value is -2.59. The van der Waals surface area contributed by atoms with Crippen molar-refractivity contribution in [3.63, 3.8) is 0 Å². The lowest BCUT2D eigenvalue weighted by Gasteiger charge is -2.06. The minimum atomic E-state index is 0.406. The van der Waals surface area contributed by atoms with Crippen LogP contribution in [0.1, 0.15) is 16.7 Å². The first kappa shape index (κ1) is 13.4. The molecular formula is C14H12N6S. The van der Waals surface area contributed by atoms with Crippen LogP contribution in [-0.4, -0.2) is 20.4 Å². The number of fused-ring (bicyclic) bond motifs is 1. The van der Waals surface area contributed by atoms with Crippen LogP contribution >= 0.6 is 11.8 Å². The van der Waals surface area contributed by atoms with Crippen LogP contribution in [0, 0.1) is 18.3 Å². The molecule has 0 saturated heterocycles. The molecule has 0 fully saturated rings. The van der Waals surface area contributed by atoms with Gasteiger partial charge in [0.05, 0.1) is 11.6 Å². The van der Waals surface area contributed by atoms with E-state index in [0.717, 1.165) is 16.0 Å². The van der Waals surface area contributed by atoms with Crippen LogP contribution < -0.4 is 5.73 Å². The number of thioether (sulfide) groups is 1. The molecule has 0 radical (unpaired) electrons. The van der Waals surface area contributed by atoms with E-state index in [1.54, 1.807) is 17.8 Å². The SMILES string of the molecule is Cc1ccc(C#N)c(CSc2cc(N)nc3n[nH]nc23)c1. The molecule has 104 valence electrons. The van der Waals surface area contributed by atoms with Gasteiger partial charge in [-0.2, -0.15) is 15.6 Å². The van der Waals surface area contributed by atoms with Crippen molar-refractivity contribution in [3.8, 4) is 6.07 Å². The fourth-order valence-electron chi connectivity index (χ4n) is 2.04. The van der Waals surface area contributed by atoms with Gasteiger partial charge in [0, 0.05) is 10.6 Å². The third-order valence-electron chi connectivity index (χ3n) is 3.04. The number of nitrogen functional groups attached to an aromatic ring is 1. The van der Waals surface area contributed by atoms with Gasteiger partial charge >= 0.3 is 0 Å². The van der Waals surface area contributed by atoms with Crippen molar-refractivity contribution in [2.24, 2.45) is 0 Å². The second-order valence-corrected chi connectivity index (χ2v) is 5.62. The van der Waals surface area contributed by atoms with Crippen molar-refractivity contribution < 1.29 is 0 Å². The van der Waals surface area contributed by atoms with Crippen molar-refractivity contribution in [2.75, 3.05) is 5.73 Å². The summed E-state index contributed by atoms with van der Waals surface area (Å²) in [6, 6.07) is 9.80. The van der Waals surface area contributed by atoms with Crippen molar-refractivity contribution >= 4 is 28.7 Å². The molecule has 0 aliphatic carbocycles. The summed E-state index contributed by atoms with van der Waals surface area (Å²) in [6.07, 6.45) is 0. The van der Waals surface area contributed by atoms with Gasteiger partial charge in [-0.25, -0.2) is 4.98 Å². The first-order chi connectivity index (χ1) is 10.2. The Morgan fingerprint density at radius 3 is 3.00 bits per heavy atom. The average Bonchev–Trinajstić information content (AvgIpc) is 2.93. The summed E-state index contributed by atoms with van der Waals surface area (Å²) in [5.74, 6) is 1.07. The van der Waals surface area contributed by atoms with E-state index < -0.39 is 0 Å². The van der Waals surface area contributed by atoms with E-state index in [1.807, 2.05) is 25.1 Å². The Bertz CT molecular complexity index is 848. The lowest BCUT2D eigenvalue weighted by molar-refractivity contribution is 0.953. The van der Waals surface area contributed by atoms with Gasteiger partial charge in [0.25, 0.3) is 0 Å². The maximum atomic E-state index is 9.17. The molecule has 7 heteroatoms. The number of aryl methyl sites for hydroxylation is 1. The van der Waals surface area contributed by atoms with Crippen LogP contribution in [0.4, 0.5) is 5.82 Å². The number of benzene rings is 1. The maximum Gasteiger partial charge on any atom is 0.204 e. The average molecular weight is 296 g/mol. The van der Waals surface area contributed by atoms with Crippen molar-refractivity contribution in [2.45, 2.75) is 17.6 Å². The number of H-pyrrole nitrogens is 1. The molecule has 6 nitrogen and oxygen atoms in total. The van der Waals surface area contributed by atoms with E-state index in [4.69, 9.17) is 5.73 Å². The zero-order chi connectivity index (χ0) is 14.8. The van der Waals surface area contributed by atoms with E-state index in [9.17, 15) is 5.26 Å². The smallest absolute Gasteiger partial charge is 0.204 e. The first-order valence-electron chi connectivity index (χ1n) is 6.27. The fourth-order valence-corrected chi connectivity index (χ4v) is 3.07. The summed E-state index contributed by atoms with van der Waals surface area (Å²) in [7, 11) is 0. The number of nitrogens with two attached hydrogens (primary N) is 1. The third kappa shape index (κ3) is 2.66. The number of hydrogen-bond donors (Lipinski definition) is 2. The third-order valence-corrected chi connectivity index (χ3v) is 4.12. The number of nitriles is 1. The summed E-state index contributed by atoms with van der Waals surface area (Å²) >= 11 is 1.57. The number of hydrogen-bond acceptors (Lipinski definition) is 6. The van der Waals surface area contributed by atoms with Gasteiger partial charge in [-0.15, -0.1) is 16.9 Å². The van der Waals surface area contributed by atoms with E-state index in [0.29, 0.717) is 28.3 Å². The summed E-state index contributed by atoms with van der Waals surface area (Å²) < 4.78 is 0. The lowest BCUT2D eigenvalue weighted by atomic mass is 10.1. The molecule has 0 atom stereocenters. The molecule has 3 N–H and O–H groups in total. The molecule has 0 amide bonds. The van der Waals surface area contributed by atoms with Crippen LogP contribution in [0.25, 0.3) is 11.2 Å². The van der Waals surface area contributed by atoms with Gasteiger partial charge < -0.3 is 5.73 Å². The Morgan fingerprint density at radius 1 is 1.33 bits per heavy atom. The monoisotopic (exact) mass is 296 g/mol. The largest absolute Gasteiger partial charge is 0.384 e. The molecule has 0 aliphatic heterocycles. The molecule has 2 heterocycles. The molecule has 1 aromatic carbocycles. The van der Waals surface area contributed by atoms with Gasteiger partial charge in [-0.1, -0.05) is 17.7 Å². The van der Waals surface area contributed by atoms with Gasteiger partial charge in [0.2, 0.25) is 5.65 Å². The Labute approximate surface area is 125 Å². The molecule has 2 aromatic heterocycles. The van der Waals surface area contributed by atoms with E-state index in [-0.39, 0.29) is 0 Å². The van der Waals surface area contributed by atoms with E-state index >= 15 is 0 Å². The highest BCUT2D eigenvalue weighted by molar-refractivity contribution is 7.98. The zero-order valence-electron chi connectivity index (χ0n) is 11.3. The maximum absolute atomic E-state index is 9.17. The number of nitrogens with zero attached hydrogens (tertiary/aromatic N) is 4. The van der Waals surface area contributed by atoms with Gasteiger partial charge in [-0.05, 0) is 24.6 Å². The molecule has 3 rings (SSSR count). The predicted octanol–water partition coefficient (Wildman–Crippen LogP) is 2.41. The summed E-state index contributed by atoms with van der Waals surface area (Å²) in [6.45, 7) is 2.01. The van der Waals surface area contributed by atoms with Gasteiger partial charge in [0.1, 0.15) is 11.3 Å². The quantitative estimate of drug-likeness (QED) is 0.719. The Balaban J connectivity index is 1.92. The number of aromatic amines is 1.